The first-order chi connectivity index (χ1) is 13.2. The third-order valence-corrected chi connectivity index (χ3v) is 5.23. The van der Waals surface area contributed by atoms with Crippen molar-refractivity contribution < 1.29 is 13.2 Å². The molecule has 1 aromatic carbocycles. The van der Waals surface area contributed by atoms with Crippen LogP contribution in [0.2, 0.25) is 15.1 Å². The van der Waals surface area contributed by atoms with Crippen LogP contribution in [0, 0.1) is 0 Å². The second-order valence-electron chi connectivity index (χ2n) is 5.37. The standard InChI is InChI=1S/C18H9Cl3F3N3S/c19-12-3-1-10(14(20)8-12)2-4-13-5-6-25-17(27-13)28-16-15(21)7-11(9-26-16)18(22,23)24/h1-9H/b4-2+. The van der Waals surface area contributed by atoms with Gasteiger partial charge in [-0.15, -0.1) is 0 Å². The molecule has 2 aromatic heterocycles. The first-order valence-electron chi connectivity index (χ1n) is 7.59. The molecular weight excluding hydrogens is 454 g/mol. The van der Waals surface area contributed by atoms with E-state index in [9.17, 15) is 13.2 Å². The van der Waals surface area contributed by atoms with Gasteiger partial charge < -0.3 is 0 Å². The van der Waals surface area contributed by atoms with Crippen LogP contribution in [0.15, 0.2) is 52.9 Å². The maximum Gasteiger partial charge on any atom is 0.417 e. The van der Waals surface area contributed by atoms with Crippen LogP contribution in [0.25, 0.3) is 12.2 Å². The zero-order valence-electron chi connectivity index (χ0n) is 13.7. The second kappa shape index (κ2) is 8.69. The molecule has 0 saturated carbocycles. The number of alkyl halides is 3. The maximum atomic E-state index is 12.7. The molecule has 0 aliphatic carbocycles. The maximum absolute atomic E-state index is 12.7. The Hall–Kier alpha value is -1.80. The van der Waals surface area contributed by atoms with Crippen LogP contribution >= 0.6 is 46.6 Å². The van der Waals surface area contributed by atoms with Crippen molar-refractivity contribution >= 4 is 58.7 Å². The molecule has 0 unspecified atom stereocenters. The molecule has 0 amide bonds. The van der Waals surface area contributed by atoms with E-state index in [2.05, 4.69) is 15.0 Å². The van der Waals surface area contributed by atoms with Crippen LogP contribution in [0.4, 0.5) is 13.2 Å². The molecule has 0 bridgehead atoms. The Morgan fingerprint density at radius 3 is 2.39 bits per heavy atom. The number of hydrogen-bond donors (Lipinski definition) is 0. The van der Waals surface area contributed by atoms with E-state index in [4.69, 9.17) is 34.8 Å². The first-order valence-corrected chi connectivity index (χ1v) is 9.54. The van der Waals surface area contributed by atoms with Crippen molar-refractivity contribution in [2.75, 3.05) is 0 Å². The molecule has 3 rings (SSSR count). The van der Waals surface area contributed by atoms with Crippen molar-refractivity contribution in [3.8, 4) is 0 Å². The zero-order chi connectivity index (χ0) is 20.3. The van der Waals surface area contributed by atoms with Gasteiger partial charge in [0.25, 0.3) is 0 Å². The number of hydrogen-bond acceptors (Lipinski definition) is 4. The van der Waals surface area contributed by atoms with Gasteiger partial charge in [0.1, 0.15) is 5.03 Å². The average Bonchev–Trinajstić information content (AvgIpc) is 2.62. The fourth-order valence-corrected chi connectivity index (χ4v) is 3.50. The van der Waals surface area contributed by atoms with E-state index in [0.29, 0.717) is 20.9 Å². The summed E-state index contributed by atoms with van der Waals surface area (Å²) in [5.41, 5.74) is 0.414. The van der Waals surface area contributed by atoms with Crippen LogP contribution < -0.4 is 0 Å². The summed E-state index contributed by atoms with van der Waals surface area (Å²) in [6, 6.07) is 7.61. The highest BCUT2D eigenvalue weighted by atomic mass is 35.5. The SMILES string of the molecule is FC(F)(F)c1cnc(Sc2nccc(/C=C/c3ccc(Cl)cc3Cl)n2)c(Cl)c1. The largest absolute Gasteiger partial charge is 0.417 e. The summed E-state index contributed by atoms with van der Waals surface area (Å²) < 4.78 is 38.1. The van der Waals surface area contributed by atoms with E-state index < -0.39 is 11.7 Å². The highest BCUT2D eigenvalue weighted by Crippen LogP contribution is 2.35. The monoisotopic (exact) mass is 461 g/mol. The normalized spacial score (nSPS) is 11.9. The highest BCUT2D eigenvalue weighted by Gasteiger charge is 2.31. The molecule has 0 N–H and O–H groups in total. The van der Waals surface area contributed by atoms with Gasteiger partial charge in [-0.2, -0.15) is 13.2 Å². The molecule has 2 heterocycles. The summed E-state index contributed by atoms with van der Waals surface area (Å²) in [6.07, 6.45) is 1.22. The van der Waals surface area contributed by atoms with E-state index in [-0.39, 0.29) is 10.0 Å². The third-order valence-electron chi connectivity index (χ3n) is 3.37. The number of nitrogens with zero attached hydrogens (tertiary/aromatic N) is 3. The zero-order valence-corrected chi connectivity index (χ0v) is 16.8. The molecule has 0 atom stereocenters. The predicted molar refractivity (Wildman–Crippen MR) is 106 cm³/mol. The van der Waals surface area contributed by atoms with Crippen molar-refractivity contribution in [2.45, 2.75) is 16.4 Å². The second-order valence-corrected chi connectivity index (χ2v) is 7.58. The minimum absolute atomic E-state index is 0.127. The summed E-state index contributed by atoms with van der Waals surface area (Å²) in [5.74, 6) is 0. The molecule has 0 spiro atoms. The molecule has 0 aliphatic rings. The van der Waals surface area contributed by atoms with Gasteiger partial charge in [0.2, 0.25) is 0 Å². The van der Waals surface area contributed by atoms with Crippen LogP contribution in [-0.4, -0.2) is 15.0 Å². The lowest BCUT2D eigenvalue weighted by atomic mass is 10.2. The van der Waals surface area contributed by atoms with Gasteiger partial charge in [0, 0.05) is 22.4 Å². The molecule has 3 aromatic rings. The van der Waals surface area contributed by atoms with E-state index in [1.165, 1.54) is 6.20 Å². The Labute approximate surface area is 177 Å². The first kappa shape index (κ1) is 20.9. The number of pyridine rings is 1. The fourth-order valence-electron chi connectivity index (χ4n) is 2.05. The quantitative estimate of drug-likeness (QED) is 0.385. The predicted octanol–water partition coefficient (Wildman–Crippen LogP) is 7.17. The van der Waals surface area contributed by atoms with Crippen molar-refractivity contribution in [1.82, 2.24) is 15.0 Å². The Morgan fingerprint density at radius 2 is 1.71 bits per heavy atom. The lowest BCUT2D eigenvalue weighted by molar-refractivity contribution is -0.137. The summed E-state index contributed by atoms with van der Waals surface area (Å²) in [4.78, 5) is 12.2. The topological polar surface area (TPSA) is 38.7 Å². The highest BCUT2D eigenvalue weighted by molar-refractivity contribution is 7.99. The molecule has 0 aliphatic heterocycles. The summed E-state index contributed by atoms with van der Waals surface area (Å²) in [7, 11) is 0. The van der Waals surface area contributed by atoms with Crippen molar-refractivity contribution in [3.63, 3.8) is 0 Å². The molecule has 144 valence electrons. The van der Waals surface area contributed by atoms with Crippen LogP contribution in [0.5, 0.6) is 0 Å². The third kappa shape index (κ3) is 5.38. The Kier molecular flexibility index (Phi) is 6.50. The fraction of sp³-hybridized carbons (Fsp3) is 0.0556. The smallest absolute Gasteiger partial charge is 0.247 e. The Balaban J connectivity index is 1.79. The summed E-state index contributed by atoms with van der Waals surface area (Å²) in [5, 5.41) is 1.37. The number of benzene rings is 1. The molecule has 0 fully saturated rings. The van der Waals surface area contributed by atoms with Gasteiger partial charge >= 0.3 is 6.18 Å². The summed E-state index contributed by atoms with van der Waals surface area (Å²) in [6.45, 7) is 0. The van der Waals surface area contributed by atoms with Crippen LogP contribution in [0.1, 0.15) is 16.8 Å². The van der Waals surface area contributed by atoms with Crippen molar-refractivity contribution in [3.05, 3.63) is 74.6 Å². The lowest BCUT2D eigenvalue weighted by Crippen LogP contribution is -2.05. The van der Waals surface area contributed by atoms with Gasteiger partial charge in [-0.1, -0.05) is 46.9 Å². The van der Waals surface area contributed by atoms with Gasteiger partial charge in [0.15, 0.2) is 5.16 Å². The molecule has 0 saturated heterocycles. The van der Waals surface area contributed by atoms with Gasteiger partial charge in [-0.05, 0) is 47.7 Å². The van der Waals surface area contributed by atoms with E-state index >= 15 is 0 Å². The van der Waals surface area contributed by atoms with Gasteiger partial charge in [-0.3, -0.25) is 0 Å². The minimum atomic E-state index is -4.51. The molecule has 28 heavy (non-hydrogen) atoms. The molecule has 10 heteroatoms. The van der Waals surface area contributed by atoms with E-state index in [1.54, 1.807) is 36.4 Å². The minimum Gasteiger partial charge on any atom is -0.247 e. The molecule has 0 radical (unpaired) electrons. The Bertz CT molecular complexity index is 1040. The molecule has 3 nitrogen and oxygen atoms in total. The van der Waals surface area contributed by atoms with Crippen molar-refractivity contribution in [1.29, 1.82) is 0 Å². The Morgan fingerprint density at radius 1 is 0.929 bits per heavy atom. The van der Waals surface area contributed by atoms with Gasteiger partial charge in [-0.25, -0.2) is 15.0 Å². The van der Waals surface area contributed by atoms with Gasteiger partial charge in [0.05, 0.1) is 16.3 Å². The van der Waals surface area contributed by atoms with Crippen molar-refractivity contribution in [2.24, 2.45) is 0 Å². The average molecular weight is 463 g/mol. The number of aromatic nitrogens is 3. The molecular formula is C18H9Cl3F3N3S. The van der Waals surface area contributed by atoms with Crippen LogP contribution in [-0.2, 0) is 6.18 Å². The number of halogens is 6. The lowest BCUT2D eigenvalue weighted by Gasteiger charge is -2.08. The van der Waals surface area contributed by atoms with E-state index in [1.807, 2.05) is 0 Å². The summed E-state index contributed by atoms with van der Waals surface area (Å²) >= 11 is 18.9. The number of rotatable bonds is 4. The van der Waals surface area contributed by atoms with E-state index in [0.717, 1.165) is 29.6 Å². The van der Waals surface area contributed by atoms with Crippen LogP contribution in [0.3, 0.4) is 0 Å².